The Morgan fingerprint density at radius 2 is 1.81 bits per heavy atom. The SMILES string of the molecule is COC(=O)[C@H](Cc1c[nH]c2ccccc12)NC(=O)/C(C)=C/c1ccccc1. The highest BCUT2D eigenvalue weighted by Gasteiger charge is 2.23. The summed E-state index contributed by atoms with van der Waals surface area (Å²) in [5, 5.41) is 3.82. The number of fused-ring (bicyclic) bond motifs is 1. The van der Waals surface area contributed by atoms with E-state index < -0.39 is 12.0 Å². The van der Waals surface area contributed by atoms with Crippen molar-refractivity contribution >= 4 is 28.9 Å². The number of methoxy groups -OCH3 is 1. The minimum absolute atomic E-state index is 0.297. The van der Waals surface area contributed by atoms with Crippen LogP contribution >= 0.6 is 0 Å². The van der Waals surface area contributed by atoms with Gasteiger partial charge in [0.05, 0.1) is 7.11 Å². The summed E-state index contributed by atoms with van der Waals surface area (Å²) in [4.78, 5) is 28.0. The van der Waals surface area contributed by atoms with Gasteiger partial charge in [0.2, 0.25) is 5.91 Å². The van der Waals surface area contributed by atoms with Crippen LogP contribution in [0.5, 0.6) is 0 Å². The van der Waals surface area contributed by atoms with Crippen LogP contribution in [0.15, 0.2) is 66.4 Å². The molecular weight excluding hydrogens is 340 g/mol. The van der Waals surface area contributed by atoms with Crippen molar-refractivity contribution in [3.8, 4) is 0 Å². The number of carbonyl (C=O) groups excluding carboxylic acids is 2. The van der Waals surface area contributed by atoms with E-state index in [0.717, 1.165) is 22.0 Å². The molecule has 2 N–H and O–H groups in total. The summed E-state index contributed by atoms with van der Waals surface area (Å²) in [6.45, 7) is 1.72. The molecule has 1 amide bonds. The molecule has 1 atom stereocenters. The van der Waals surface area contributed by atoms with Crippen LogP contribution in [0.3, 0.4) is 0 Å². The Kier molecular flexibility index (Phi) is 5.71. The van der Waals surface area contributed by atoms with E-state index in [0.29, 0.717) is 12.0 Å². The first-order valence-corrected chi connectivity index (χ1v) is 8.75. The van der Waals surface area contributed by atoms with Gasteiger partial charge in [0.1, 0.15) is 6.04 Å². The van der Waals surface area contributed by atoms with Crippen LogP contribution in [-0.4, -0.2) is 30.0 Å². The highest BCUT2D eigenvalue weighted by atomic mass is 16.5. The van der Waals surface area contributed by atoms with Crippen LogP contribution in [0.4, 0.5) is 0 Å². The topological polar surface area (TPSA) is 71.2 Å². The Morgan fingerprint density at radius 1 is 1.11 bits per heavy atom. The molecular formula is C22H22N2O3. The zero-order valence-corrected chi connectivity index (χ0v) is 15.4. The van der Waals surface area contributed by atoms with Crippen molar-refractivity contribution in [2.45, 2.75) is 19.4 Å². The number of para-hydroxylation sites is 1. The summed E-state index contributed by atoms with van der Waals surface area (Å²) in [6.07, 6.45) is 4.00. The molecule has 0 spiro atoms. The number of aromatic nitrogens is 1. The highest BCUT2D eigenvalue weighted by molar-refractivity contribution is 5.99. The van der Waals surface area contributed by atoms with Gasteiger partial charge in [0.15, 0.2) is 0 Å². The first-order valence-electron chi connectivity index (χ1n) is 8.75. The lowest BCUT2D eigenvalue weighted by Crippen LogP contribution is -2.43. The van der Waals surface area contributed by atoms with E-state index in [1.165, 1.54) is 7.11 Å². The molecule has 2 aromatic carbocycles. The van der Waals surface area contributed by atoms with Gasteiger partial charge in [-0.25, -0.2) is 4.79 Å². The van der Waals surface area contributed by atoms with Gasteiger partial charge in [0, 0.05) is 29.1 Å². The lowest BCUT2D eigenvalue weighted by molar-refractivity contribution is -0.144. The fourth-order valence-corrected chi connectivity index (χ4v) is 2.99. The number of carbonyl (C=O) groups is 2. The number of esters is 1. The number of rotatable bonds is 6. The molecule has 0 aliphatic heterocycles. The van der Waals surface area contributed by atoms with E-state index >= 15 is 0 Å². The average Bonchev–Trinajstić information content (AvgIpc) is 3.10. The van der Waals surface area contributed by atoms with Gasteiger partial charge in [-0.05, 0) is 30.2 Å². The van der Waals surface area contributed by atoms with Crippen LogP contribution in [0, 0.1) is 0 Å². The van der Waals surface area contributed by atoms with Crippen molar-refractivity contribution in [2.24, 2.45) is 0 Å². The number of hydrogen-bond acceptors (Lipinski definition) is 3. The summed E-state index contributed by atoms with van der Waals surface area (Å²) in [7, 11) is 1.32. The molecule has 27 heavy (non-hydrogen) atoms. The second-order valence-electron chi connectivity index (χ2n) is 6.35. The molecule has 0 aliphatic rings. The molecule has 0 aliphatic carbocycles. The van der Waals surface area contributed by atoms with Gasteiger partial charge in [-0.2, -0.15) is 0 Å². The molecule has 0 unspecified atom stereocenters. The number of amides is 1. The van der Waals surface area contributed by atoms with Crippen LogP contribution in [0.2, 0.25) is 0 Å². The van der Waals surface area contributed by atoms with E-state index in [-0.39, 0.29) is 5.91 Å². The second-order valence-corrected chi connectivity index (χ2v) is 6.35. The fourth-order valence-electron chi connectivity index (χ4n) is 2.99. The zero-order valence-electron chi connectivity index (χ0n) is 15.4. The molecule has 1 heterocycles. The maximum Gasteiger partial charge on any atom is 0.328 e. The lowest BCUT2D eigenvalue weighted by Gasteiger charge is -2.16. The van der Waals surface area contributed by atoms with Crippen molar-refractivity contribution in [1.29, 1.82) is 0 Å². The summed E-state index contributed by atoms with van der Waals surface area (Å²) >= 11 is 0. The van der Waals surface area contributed by atoms with E-state index in [1.807, 2.05) is 60.8 Å². The van der Waals surface area contributed by atoms with Gasteiger partial charge >= 0.3 is 5.97 Å². The van der Waals surface area contributed by atoms with E-state index in [2.05, 4.69) is 10.3 Å². The molecule has 3 aromatic rings. The summed E-state index contributed by atoms with van der Waals surface area (Å²) in [5.41, 5.74) is 3.39. The minimum atomic E-state index is -0.763. The summed E-state index contributed by atoms with van der Waals surface area (Å²) in [6, 6.07) is 16.6. The van der Waals surface area contributed by atoms with Gasteiger partial charge in [-0.1, -0.05) is 48.5 Å². The van der Waals surface area contributed by atoms with E-state index in [1.54, 1.807) is 13.0 Å². The Labute approximate surface area is 158 Å². The lowest BCUT2D eigenvalue weighted by atomic mass is 10.0. The second kappa shape index (κ2) is 8.36. The Hall–Kier alpha value is -3.34. The number of benzene rings is 2. The number of H-pyrrole nitrogens is 1. The van der Waals surface area contributed by atoms with E-state index in [9.17, 15) is 9.59 Å². The van der Waals surface area contributed by atoms with Gasteiger partial charge in [-0.15, -0.1) is 0 Å². The number of nitrogens with one attached hydrogen (secondary N) is 2. The fraction of sp³-hybridized carbons (Fsp3) is 0.182. The maximum absolute atomic E-state index is 12.6. The third-order valence-electron chi connectivity index (χ3n) is 4.43. The highest BCUT2D eigenvalue weighted by Crippen LogP contribution is 2.19. The summed E-state index contributed by atoms with van der Waals surface area (Å²) < 4.78 is 4.89. The van der Waals surface area contributed by atoms with Crippen molar-refractivity contribution in [2.75, 3.05) is 7.11 Å². The molecule has 1 aromatic heterocycles. The van der Waals surface area contributed by atoms with Gasteiger partial charge in [-0.3, -0.25) is 4.79 Å². The maximum atomic E-state index is 12.6. The molecule has 5 nitrogen and oxygen atoms in total. The van der Waals surface area contributed by atoms with Crippen molar-refractivity contribution in [1.82, 2.24) is 10.3 Å². The predicted molar refractivity (Wildman–Crippen MR) is 106 cm³/mol. The zero-order chi connectivity index (χ0) is 19.2. The van der Waals surface area contributed by atoms with Crippen LogP contribution in [0.1, 0.15) is 18.1 Å². The predicted octanol–water partition coefficient (Wildman–Crippen LogP) is 3.47. The van der Waals surface area contributed by atoms with Crippen LogP contribution < -0.4 is 5.32 Å². The van der Waals surface area contributed by atoms with Crippen LogP contribution in [0.25, 0.3) is 17.0 Å². The third-order valence-corrected chi connectivity index (χ3v) is 4.43. The molecule has 0 saturated heterocycles. The molecule has 138 valence electrons. The smallest absolute Gasteiger partial charge is 0.328 e. The Morgan fingerprint density at radius 3 is 2.56 bits per heavy atom. The molecule has 0 radical (unpaired) electrons. The number of aromatic amines is 1. The monoisotopic (exact) mass is 362 g/mol. The van der Waals surface area contributed by atoms with Gasteiger partial charge in [0.25, 0.3) is 0 Å². The quantitative estimate of drug-likeness (QED) is 0.521. The first-order chi connectivity index (χ1) is 13.1. The molecule has 3 rings (SSSR count). The average molecular weight is 362 g/mol. The van der Waals surface area contributed by atoms with Gasteiger partial charge < -0.3 is 15.0 Å². The number of hydrogen-bond donors (Lipinski definition) is 2. The molecule has 0 bridgehead atoms. The van der Waals surface area contributed by atoms with Crippen molar-refractivity contribution in [3.05, 3.63) is 77.5 Å². The normalized spacial score (nSPS) is 12.6. The molecule has 0 fully saturated rings. The molecule has 5 heteroatoms. The number of ether oxygens (including phenoxy) is 1. The Bertz CT molecular complexity index is 973. The minimum Gasteiger partial charge on any atom is -0.467 e. The van der Waals surface area contributed by atoms with Crippen molar-refractivity contribution in [3.63, 3.8) is 0 Å². The van der Waals surface area contributed by atoms with Crippen molar-refractivity contribution < 1.29 is 14.3 Å². The third kappa shape index (κ3) is 4.44. The molecule has 0 saturated carbocycles. The van der Waals surface area contributed by atoms with Crippen LogP contribution in [-0.2, 0) is 20.7 Å². The standard InChI is InChI=1S/C22H22N2O3/c1-15(12-16-8-4-3-5-9-16)21(25)24-20(22(26)27-2)13-17-14-23-19-11-7-6-10-18(17)19/h3-12,14,20,23H,13H2,1-2H3,(H,24,25)/b15-12+/t20-/m0/s1. The Balaban J connectivity index is 1.78. The summed E-state index contributed by atoms with van der Waals surface area (Å²) in [5.74, 6) is -0.768. The largest absolute Gasteiger partial charge is 0.467 e. The first kappa shape index (κ1) is 18.5. The van der Waals surface area contributed by atoms with E-state index in [4.69, 9.17) is 4.74 Å².